The van der Waals surface area contributed by atoms with Crippen LogP contribution >= 0.6 is 0 Å². The van der Waals surface area contributed by atoms with E-state index in [1.807, 2.05) is 0 Å². The second-order valence-electron chi connectivity index (χ2n) is 6.59. The molecule has 0 aliphatic carbocycles. The van der Waals surface area contributed by atoms with Crippen LogP contribution in [0.25, 0.3) is 5.52 Å². The molecule has 6 nitrogen and oxygen atoms in total. The minimum absolute atomic E-state index is 0.0387. The van der Waals surface area contributed by atoms with Crippen molar-refractivity contribution in [1.29, 1.82) is 0 Å². The summed E-state index contributed by atoms with van der Waals surface area (Å²) in [5.74, 6) is -0.902. The maximum absolute atomic E-state index is 13.8. The second-order valence-corrected chi connectivity index (χ2v) is 6.59. The Morgan fingerprint density at radius 1 is 1.18 bits per heavy atom. The molecule has 0 radical (unpaired) electrons. The van der Waals surface area contributed by atoms with Crippen LogP contribution < -0.4 is 5.32 Å². The quantitative estimate of drug-likeness (QED) is 0.682. The van der Waals surface area contributed by atoms with Gasteiger partial charge in [-0.1, -0.05) is 37.6 Å². The van der Waals surface area contributed by atoms with Gasteiger partial charge in [-0.3, -0.25) is 14.0 Å². The molecule has 0 aliphatic rings. The largest absolute Gasteiger partial charge is 0.346 e. The number of carbonyl (C=O) groups is 2. The zero-order valence-electron chi connectivity index (χ0n) is 16.0. The number of nitrogens with zero attached hydrogens (tertiary/aromatic N) is 3. The lowest BCUT2D eigenvalue weighted by atomic mass is 10.2. The first-order valence-electron chi connectivity index (χ1n) is 9.27. The van der Waals surface area contributed by atoms with Crippen LogP contribution in [0.15, 0.2) is 48.7 Å². The van der Waals surface area contributed by atoms with Crippen molar-refractivity contribution < 1.29 is 14.0 Å². The number of hydrogen-bond donors (Lipinski definition) is 1. The zero-order valence-corrected chi connectivity index (χ0v) is 16.0. The summed E-state index contributed by atoms with van der Waals surface area (Å²) < 4.78 is 15.4. The Balaban J connectivity index is 1.86. The predicted octanol–water partition coefficient (Wildman–Crippen LogP) is 3.28. The molecule has 1 N–H and O–H groups in total. The molecular formula is C21H23FN4O2. The van der Waals surface area contributed by atoms with E-state index in [-0.39, 0.29) is 29.8 Å². The molecule has 2 amide bonds. The molecule has 146 valence electrons. The van der Waals surface area contributed by atoms with E-state index in [0.29, 0.717) is 17.6 Å². The number of fused-ring (bicyclic) bond motifs is 1. The first kappa shape index (κ1) is 19.5. The summed E-state index contributed by atoms with van der Waals surface area (Å²) in [5.41, 5.74) is 1.06. The Morgan fingerprint density at radius 2 is 1.93 bits per heavy atom. The normalized spacial score (nSPS) is 10.8. The molecule has 0 atom stereocenters. The van der Waals surface area contributed by atoms with Crippen LogP contribution in [0, 0.1) is 5.82 Å². The fourth-order valence-electron chi connectivity index (χ4n) is 2.92. The minimum atomic E-state index is -0.456. The van der Waals surface area contributed by atoms with Gasteiger partial charge in [0.05, 0.1) is 5.52 Å². The third-order valence-electron chi connectivity index (χ3n) is 4.55. The molecule has 0 fully saturated rings. The van der Waals surface area contributed by atoms with E-state index in [1.165, 1.54) is 6.07 Å². The van der Waals surface area contributed by atoms with Gasteiger partial charge in [0.25, 0.3) is 11.8 Å². The Morgan fingerprint density at radius 3 is 2.68 bits per heavy atom. The molecule has 2 aromatic heterocycles. The zero-order chi connectivity index (χ0) is 20.1. The van der Waals surface area contributed by atoms with Crippen molar-refractivity contribution in [2.75, 3.05) is 13.6 Å². The molecular weight excluding hydrogens is 359 g/mol. The highest BCUT2D eigenvalue weighted by Crippen LogP contribution is 2.15. The number of halogens is 1. The number of pyridine rings is 1. The average molecular weight is 382 g/mol. The van der Waals surface area contributed by atoms with Gasteiger partial charge in [-0.05, 0) is 24.6 Å². The molecule has 0 saturated heterocycles. The molecule has 28 heavy (non-hydrogen) atoms. The summed E-state index contributed by atoms with van der Waals surface area (Å²) in [6.45, 7) is 2.71. The van der Waals surface area contributed by atoms with Crippen molar-refractivity contribution in [3.8, 4) is 0 Å². The Kier molecular flexibility index (Phi) is 6.03. The van der Waals surface area contributed by atoms with Gasteiger partial charge in [-0.2, -0.15) is 0 Å². The van der Waals surface area contributed by atoms with E-state index in [0.717, 1.165) is 12.8 Å². The van der Waals surface area contributed by atoms with Crippen LogP contribution in [0.1, 0.15) is 46.4 Å². The van der Waals surface area contributed by atoms with Crippen LogP contribution in [0.5, 0.6) is 0 Å². The van der Waals surface area contributed by atoms with E-state index in [1.54, 1.807) is 58.9 Å². The van der Waals surface area contributed by atoms with Crippen LogP contribution in [0.2, 0.25) is 0 Å². The lowest BCUT2D eigenvalue weighted by Crippen LogP contribution is -2.29. The highest BCUT2D eigenvalue weighted by molar-refractivity contribution is 6.02. The predicted molar refractivity (Wildman–Crippen MR) is 105 cm³/mol. The first-order valence-corrected chi connectivity index (χ1v) is 9.27. The number of hydrogen-bond acceptors (Lipinski definition) is 3. The van der Waals surface area contributed by atoms with Crippen LogP contribution in [0.4, 0.5) is 4.39 Å². The standard InChI is InChI=1S/C21H23FN4O2/c1-3-4-12-25(2)21(28)19-24-18(17-11-7-8-13-26(17)19)20(27)23-14-15-9-5-6-10-16(15)22/h5-11,13H,3-4,12,14H2,1-2H3,(H,23,27). The summed E-state index contributed by atoms with van der Waals surface area (Å²) >= 11 is 0. The van der Waals surface area contributed by atoms with Gasteiger partial charge in [0.2, 0.25) is 5.82 Å². The monoisotopic (exact) mass is 382 g/mol. The van der Waals surface area contributed by atoms with Crippen molar-refractivity contribution in [3.05, 3.63) is 71.6 Å². The maximum atomic E-state index is 13.8. The maximum Gasteiger partial charge on any atom is 0.289 e. The van der Waals surface area contributed by atoms with E-state index < -0.39 is 5.91 Å². The summed E-state index contributed by atoms with van der Waals surface area (Å²) in [6.07, 6.45) is 3.57. The van der Waals surface area contributed by atoms with E-state index in [9.17, 15) is 14.0 Å². The van der Waals surface area contributed by atoms with E-state index in [4.69, 9.17) is 0 Å². The number of unbranched alkanes of at least 4 members (excludes halogenated alkanes) is 1. The SMILES string of the molecule is CCCCN(C)C(=O)c1nc(C(=O)NCc2ccccc2F)c2ccccn12. The van der Waals surface area contributed by atoms with Crippen LogP contribution in [-0.4, -0.2) is 39.7 Å². The third kappa shape index (κ3) is 4.03. The van der Waals surface area contributed by atoms with Gasteiger partial charge in [0.1, 0.15) is 5.82 Å². The topological polar surface area (TPSA) is 66.7 Å². The Labute approximate surface area is 163 Å². The number of imidazole rings is 1. The molecule has 0 saturated carbocycles. The lowest BCUT2D eigenvalue weighted by Gasteiger charge is -2.15. The van der Waals surface area contributed by atoms with Gasteiger partial charge in [0, 0.05) is 31.9 Å². The van der Waals surface area contributed by atoms with Crippen molar-refractivity contribution in [1.82, 2.24) is 19.6 Å². The van der Waals surface area contributed by atoms with Crippen molar-refractivity contribution in [3.63, 3.8) is 0 Å². The second kappa shape index (κ2) is 8.65. The average Bonchev–Trinajstić information content (AvgIpc) is 3.10. The van der Waals surface area contributed by atoms with E-state index >= 15 is 0 Å². The van der Waals surface area contributed by atoms with Gasteiger partial charge >= 0.3 is 0 Å². The number of amides is 2. The lowest BCUT2D eigenvalue weighted by molar-refractivity contribution is 0.0780. The molecule has 1 aromatic carbocycles. The van der Waals surface area contributed by atoms with Crippen LogP contribution in [-0.2, 0) is 6.54 Å². The number of aromatic nitrogens is 2. The summed E-state index contributed by atoms with van der Waals surface area (Å²) in [6, 6.07) is 11.5. The first-order chi connectivity index (χ1) is 13.5. The summed E-state index contributed by atoms with van der Waals surface area (Å²) in [7, 11) is 1.72. The molecule has 0 bridgehead atoms. The Bertz CT molecular complexity index is 999. The van der Waals surface area contributed by atoms with Gasteiger partial charge in [0.15, 0.2) is 5.69 Å². The molecule has 3 aromatic rings. The third-order valence-corrected chi connectivity index (χ3v) is 4.55. The fraction of sp³-hybridized carbons (Fsp3) is 0.286. The highest BCUT2D eigenvalue weighted by Gasteiger charge is 2.23. The van der Waals surface area contributed by atoms with Gasteiger partial charge in [-0.25, -0.2) is 9.37 Å². The van der Waals surface area contributed by atoms with Crippen LogP contribution in [0.3, 0.4) is 0 Å². The fourth-order valence-corrected chi connectivity index (χ4v) is 2.92. The van der Waals surface area contributed by atoms with Gasteiger partial charge in [-0.15, -0.1) is 0 Å². The number of carbonyl (C=O) groups excluding carboxylic acids is 2. The van der Waals surface area contributed by atoms with E-state index in [2.05, 4.69) is 17.2 Å². The molecule has 3 rings (SSSR count). The summed E-state index contributed by atoms with van der Waals surface area (Å²) in [5, 5.41) is 2.68. The molecule has 0 spiro atoms. The van der Waals surface area contributed by atoms with Crippen molar-refractivity contribution in [2.24, 2.45) is 0 Å². The smallest absolute Gasteiger partial charge is 0.289 e. The number of rotatable bonds is 7. The molecule has 2 heterocycles. The van der Waals surface area contributed by atoms with Gasteiger partial charge < -0.3 is 10.2 Å². The number of benzene rings is 1. The van der Waals surface area contributed by atoms with Crippen molar-refractivity contribution >= 4 is 17.3 Å². The number of nitrogens with one attached hydrogen (secondary N) is 1. The summed E-state index contributed by atoms with van der Waals surface area (Å²) in [4.78, 5) is 31.4. The molecule has 0 unspecified atom stereocenters. The molecule has 0 aliphatic heterocycles. The Hall–Kier alpha value is -3.22. The molecule has 7 heteroatoms. The highest BCUT2D eigenvalue weighted by atomic mass is 19.1. The van der Waals surface area contributed by atoms with Crippen molar-refractivity contribution in [2.45, 2.75) is 26.3 Å². The minimum Gasteiger partial charge on any atom is -0.346 e.